The molecule has 4 aliphatic carbocycles. The van der Waals surface area contributed by atoms with Crippen LogP contribution in [0.5, 0.6) is 5.75 Å². The van der Waals surface area contributed by atoms with Crippen molar-refractivity contribution in [3.63, 3.8) is 0 Å². The van der Waals surface area contributed by atoms with Gasteiger partial charge in [0.05, 0.1) is 0 Å². The van der Waals surface area contributed by atoms with Crippen molar-refractivity contribution >= 4 is 17.0 Å². The molecule has 0 aliphatic heterocycles. The van der Waals surface area contributed by atoms with Crippen LogP contribution >= 0.6 is 11.6 Å². The van der Waals surface area contributed by atoms with Crippen molar-refractivity contribution in [2.45, 2.75) is 43.9 Å². The van der Waals surface area contributed by atoms with Gasteiger partial charge in [-0.05, 0) is 79.4 Å². The van der Waals surface area contributed by atoms with Gasteiger partial charge in [0.15, 0.2) is 0 Å². The smallest absolute Gasteiger partial charge is 0.409 e. The van der Waals surface area contributed by atoms with Crippen LogP contribution in [0.15, 0.2) is 24.3 Å². The maximum absolute atomic E-state index is 10.8. The molecule has 0 unspecified atom stereocenters. The molecule has 0 N–H and O–H groups in total. The molecule has 0 heterocycles. The third-order valence-corrected chi connectivity index (χ3v) is 5.78. The van der Waals surface area contributed by atoms with Crippen molar-refractivity contribution < 1.29 is 9.53 Å². The molecule has 0 atom stereocenters. The molecular formula is C17H19ClO2. The van der Waals surface area contributed by atoms with Crippen LogP contribution < -0.4 is 4.74 Å². The quantitative estimate of drug-likeness (QED) is 0.725. The number of carbonyl (C=O) groups is 1. The number of rotatable bonds is 2. The molecule has 4 bridgehead atoms. The van der Waals surface area contributed by atoms with Gasteiger partial charge in [0.1, 0.15) is 5.75 Å². The summed E-state index contributed by atoms with van der Waals surface area (Å²) in [6, 6.07) is 8.05. The molecule has 0 spiro atoms. The summed E-state index contributed by atoms with van der Waals surface area (Å²) in [5.74, 6) is 3.38. The topological polar surface area (TPSA) is 26.3 Å². The van der Waals surface area contributed by atoms with Crippen molar-refractivity contribution in [3.05, 3.63) is 29.8 Å². The zero-order valence-corrected chi connectivity index (χ0v) is 12.2. The largest absolute Gasteiger partial charge is 0.415 e. The van der Waals surface area contributed by atoms with Crippen molar-refractivity contribution in [2.75, 3.05) is 0 Å². The lowest BCUT2D eigenvalue weighted by Crippen LogP contribution is -2.48. The number of benzene rings is 1. The maximum atomic E-state index is 10.8. The highest BCUT2D eigenvalue weighted by Gasteiger charge is 2.51. The van der Waals surface area contributed by atoms with Gasteiger partial charge >= 0.3 is 5.43 Å². The van der Waals surface area contributed by atoms with Gasteiger partial charge in [-0.3, -0.25) is 0 Å². The summed E-state index contributed by atoms with van der Waals surface area (Å²) in [5, 5.41) is 0. The highest BCUT2D eigenvalue weighted by molar-refractivity contribution is 6.61. The Morgan fingerprint density at radius 2 is 1.50 bits per heavy atom. The normalized spacial score (nSPS) is 38.0. The van der Waals surface area contributed by atoms with E-state index in [0.29, 0.717) is 11.2 Å². The lowest BCUT2D eigenvalue weighted by atomic mass is 9.48. The molecule has 1 aromatic carbocycles. The molecule has 0 saturated heterocycles. The molecule has 4 fully saturated rings. The predicted octanol–water partition coefficient (Wildman–Crippen LogP) is 4.89. The van der Waals surface area contributed by atoms with E-state index in [0.717, 1.165) is 17.8 Å². The molecule has 2 nitrogen and oxygen atoms in total. The Hall–Kier alpha value is -1.02. The molecule has 4 aliphatic rings. The van der Waals surface area contributed by atoms with Gasteiger partial charge in [-0.25, -0.2) is 4.79 Å². The number of carbonyl (C=O) groups excluding carboxylic acids is 1. The van der Waals surface area contributed by atoms with Crippen molar-refractivity contribution in [1.82, 2.24) is 0 Å². The zero-order valence-electron chi connectivity index (χ0n) is 11.5. The van der Waals surface area contributed by atoms with E-state index >= 15 is 0 Å². The second kappa shape index (κ2) is 4.49. The van der Waals surface area contributed by atoms with E-state index < -0.39 is 5.43 Å². The van der Waals surface area contributed by atoms with E-state index in [1.54, 1.807) is 0 Å². The van der Waals surface area contributed by atoms with Gasteiger partial charge < -0.3 is 4.74 Å². The van der Waals surface area contributed by atoms with E-state index in [1.807, 2.05) is 12.1 Å². The zero-order chi connectivity index (χ0) is 13.7. The highest BCUT2D eigenvalue weighted by Crippen LogP contribution is 2.60. The van der Waals surface area contributed by atoms with Crippen LogP contribution in [0.4, 0.5) is 4.79 Å². The van der Waals surface area contributed by atoms with Crippen molar-refractivity contribution in [3.8, 4) is 5.75 Å². The molecule has 0 amide bonds. The van der Waals surface area contributed by atoms with Crippen LogP contribution in [0.3, 0.4) is 0 Å². The molecule has 0 radical (unpaired) electrons. The Labute approximate surface area is 124 Å². The summed E-state index contributed by atoms with van der Waals surface area (Å²) in [6.07, 6.45) is 8.44. The summed E-state index contributed by atoms with van der Waals surface area (Å²) in [5.41, 5.74) is 1.07. The van der Waals surface area contributed by atoms with Gasteiger partial charge in [0.25, 0.3) is 0 Å². The lowest BCUT2D eigenvalue weighted by Gasteiger charge is -2.57. The Bertz CT molecular complexity index is 499. The summed E-state index contributed by atoms with van der Waals surface area (Å²) < 4.78 is 4.91. The van der Waals surface area contributed by atoms with E-state index in [2.05, 4.69) is 12.1 Å². The molecule has 4 saturated carbocycles. The molecule has 0 aromatic heterocycles. The summed E-state index contributed by atoms with van der Waals surface area (Å²) in [4.78, 5) is 10.8. The minimum atomic E-state index is -0.771. The first kappa shape index (κ1) is 12.7. The molecule has 1 aromatic rings. The minimum Gasteiger partial charge on any atom is -0.415 e. The Balaban J connectivity index is 1.62. The molecule has 3 heteroatoms. The standard InChI is InChI=1S/C17H19ClO2/c18-16(19)20-15-3-1-14(2-4-15)17-8-11-5-12(9-17)7-13(6-11)10-17/h1-4,11-13H,5-10H2. The third kappa shape index (κ3) is 2.05. The predicted molar refractivity (Wildman–Crippen MR) is 78.2 cm³/mol. The van der Waals surface area contributed by atoms with E-state index in [-0.39, 0.29) is 0 Å². The lowest BCUT2D eigenvalue weighted by molar-refractivity contribution is -0.00519. The average Bonchev–Trinajstić information content (AvgIpc) is 2.37. The molecular weight excluding hydrogens is 272 g/mol. The number of halogens is 1. The second-order valence-electron chi connectivity index (χ2n) is 7.06. The SMILES string of the molecule is O=C(Cl)Oc1ccc(C23CC4CC(CC(C4)C2)C3)cc1. The highest BCUT2D eigenvalue weighted by atomic mass is 35.5. The van der Waals surface area contributed by atoms with Gasteiger partial charge in [0, 0.05) is 11.6 Å². The Kier molecular flexibility index (Phi) is 2.85. The Morgan fingerprint density at radius 3 is 1.95 bits per heavy atom. The van der Waals surface area contributed by atoms with Crippen molar-refractivity contribution in [1.29, 1.82) is 0 Å². The first-order valence-corrected chi connectivity index (χ1v) is 7.99. The fourth-order valence-corrected chi connectivity index (χ4v) is 5.52. The van der Waals surface area contributed by atoms with Gasteiger partial charge in [0.2, 0.25) is 0 Å². The summed E-state index contributed by atoms with van der Waals surface area (Å²) in [7, 11) is 0. The minimum absolute atomic E-state index is 0.401. The van der Waals surface area contributed by atoms with Crippen LogP contribution in [-0.4, -0.2) is 5.43 Å². The molecule has 106 valence electrons. The van der Waals surface area contributed by atoms with Gasteiger partial charge in [-0.15, -0.1) is 0 Å². The van der Waals surface area contributed by atoms with E-state index in [4.69, 9.17) is 16.3 Å². The third-order valence-electron chi connectivity index (χ3n) is 5.70. The van der Waals surface area contributed by atoms with Crippen LogP contribution in [0, 0.1) is 17.8 Å². The summed E-state index contributed by atoms with van der Waals surface area (Å²) in [6.45, 7) is 0. The maximum Gasteiger partial charge on any atom is 0.409 e. The Morgan fingerprint density at radius 1 is 1.00 bits per heavy atom. The second-order valence-corrected chi connectivity index (χ2v) is 7.37. The van der Waals surface area contributed by atoms with Crippen LogP contribution in [0.2, 0.25) is 0 Å². The molecule has 20 heavy (non-hydrogen) atoms. The number of ether oxygens (including phenoxy) is 1. The number of hydrogen-bond donors (Lipinski definition) is 0. The van der Waals surface area contributed by atoms with E-state index in [9.17, 15) is 4.79 Å². The molecule has 5 rings (SSSR count). The van der Waals surface area contributed by atoms with Crippen molar-refractivity contribution in [2.24, 2.45) is 17.8 Å². The van der Waals surface area contributed by atoms with E-state index in [1.165, 1.54) is 44.1 Å². The first-order chi connectivity index (χ1) is 9.63. The fourth-order valence-electron chi connectivity index (χ4n) is 5.43. The monoisotopic (exact) mass is 290 g/mol. The van der Waals surface area contributed by atoms with Gasteiger partial charge in [-0.2, -0.15) is 0 Å². The van der Waals surface area contributed by atoms with Crippen LogP contribution in [0.1, 0.15) is 44.1 Å². The van der Waals surface area contributed by atoms with Gasteiger partial charge in [-0.1, -0.05) is 12.1 Å². The first-order valence-electron chi connectivity index (χ1n) is 7.61. The number of hydrogen-bond acceptors (Lipinski definition) is 2. The van der Waals surface area contributed by atoms with Crippen LogP contribution in [0.25, 0.3) is 0 Å². The summed E-state index contributed by atoms with van der Waals surface area (Å²) >= 11 is 5.25. The average molecular weight is 291 g/mol. The fraction of sp³-hybridized carbons (Fsp3) is 0.588. The van der Waals surface area contributed by atoms with Crippen LogP contribution in [-0.2, 0) is 5.41 Å².